The van der Waals surface area contributed by atoms with Gasteiger partial charge in [-0.1, -0.05) is 25.0 Å². The molecule has 100 valence electrons. The maximum absolute atomic E-state index is 12.5. The Morgan fingerprint density at radius 3 is 2.74 bits per heavy atom. The summed E-state index contributed by atoms with van der Waals surface area (Å²) in [4.78, 5) is 17.1. The van der Waals surface area contributed by atoms with Crippen LogP contribution in [0.3, 0.4) is 0 Å². The molecule has 1 heterocycles. The lowest BCUT2D eigenvalue weighted by atomic mass is 9.80. The van der Waals surface area contributed by atoms with Gasteiger partial charge in [0.1, 0.15) is 10.8 Å². The second-order valence-electron chi connectivity index (χ2n) is 5.37. The van der Waals surface area contributed by atoms with Crippen LogP contribution in [0, 0.1) is 5.41 Å². The number of aromatic nitrogens is 1. The number of Topliss-reactive ketones (excluding diaryl/α,β-unsaturated/α-hetero) is 1. The van der Waals surface area contributed by atoms with Gasteiger partial charge in [0.2, 0.25) is 0 Å². The van der Waals surface area contributed by atoms with Crippen molar-refractivity contribution in [1.82, 2.24) is 4.98 Å². The van der Waals surface area contributed by atoms with Crippen LogP contribution in [0.1, 0.15) is 30.7 Å². The van der Waals surface area contributed by atoms with Gasteiger partial charge in [0, 0.05) is 12.0 Å². The topological polar surface area (TPSA) is 56.0 Å². The Morgan fingerprint density at radius 2 is 2.05 bits per heavy atom. The number of rotatable bonds is 4. The van der Waals surface area contributed by atoms with Gasteiger partial charge in [0.25, 0.3) is 0 Å². The molecular weight excluding hydrogens is 256 g/mol. The van der Waals surface area contributed by atoms with Gasteiger partial charge < -0.3 is 5.73 Å². The van der Waals surface area contributed by atoms with Crippen LogP contribution < -0.4 is 5.73 Å². The lowest BCUT2D eigenvalue weighted by Crippen LogP contribution is -2.37. The van der Waals surface area contributed by atoms with Gasteiger partial charge >= 0.3 is 0 Å². The third-order valence-corrected chi connectivity index (χ3v) is 5.23. The van der Waals surface area contributed by atoms with Gasteiger partial charge in [-0.05, 0) is 25.0 Å². The molecule has 0 atom stereocenters. The number of hydrogen-bond acceptors (Lipinski definition) is 4. The monoisotopic (exact) mass is 274 g/mol. The molecule has 0 spiro atoms. The summed E-state index contributed by atoms with van der Waals surface area (Å²) in [5.41, 5.74) is 6.58. The molecule has 0 saturated heterocycles. The molecule has 1 aliphatic rings. The van der Waals surface area contributed by atoms with Crippen molar-refractivity contribution < 1.29 is 4.79 Å². The van der Waals surface area contributed by atoms with E-state index in [-0.39, 0.29) is 11.2 Å². The Hall–Kier alpha value is -1.26. The van der Waals surface area contributed by atoms with Crippen LogP contribution in [0.5, 0.6) is 0 Å². The zero-order valence-corrected chi connectivity index (χ0v) is 11.7. The summed E-state index contributed by atoms with van der Waals surface area (Å²) in [5, 5.41) is 0.922. The third kappa shape index (κ3) is 2.30. The number of carbonyl (C=O) groups is 1. The molecule has 2 N–H and O–H groups in total. The summed E-state index contributed by atoms with van der Waals surface area (Å²) in [6.45, 7) is 0.483. The first-order valence-electron chi connectivity index (χ1n) is 6.81. The summed E-state index contributed by atoms with van der Waals surface area (Å²) in [6, 6.07) is 8.03. The van der Waals surface area contributed by atoms with Crippen LogP contribution in [0.4, 0.5) is 0 Å². The van der Waals surface area contributed by atoms with E-state index in [0.29, 0.717) is 13.0 Å². The molecule has 0 aliphatic heterocycles. The summed E-state index contributed by atoms with van der Waals surface area (Å²) >= 11 is 1.62. The van der Waals surface area contributed by atoms with E-state index in [2.05, 4.69) is 11.1 Å². The average Bonchev–Trinajstić information content (AvgIpc) is 3.05. The Kier molecular flexibility index (Phi) is 3.37. The Balaban J connectivity index is 1.82. The predicted molar refractivity (Wildman–Crippen MR) is 78.3 cm³/mol. The molecule has 0 radical (unpaired) electrons. The van der Waals surface area contributed by atoms with Crippen LogP contribution in [0.15, 0.2) is 24.3 Å². The maximum Gasteiger partial charge on any atom is 0.147 e. The van der Waals surface area contributed by atoms with E-state index < -0.39 is 0 Å². The number of ketones is 1. The first-order chi connectivity index (χ1) is 9.23. The minimum atomic E-state index is -0.266. The summed E-state index contributed by atoms with van der Waals surface area (Å²) in [6.07, 6.45) is 4.60. The van der Waals surface area contributed by atoms with E-state index in [1.165, 1.54) is 0 Å². The highest BCUT2D eigenvalue weighted by Gasteiger charge is 2.39. The number of benzene rings is 1. The highest BCUT2D eigenvalue weighted by Crippen LogP contribution is 2.39. The van der Waals surface area contributed by atoms with Crippen molar-refractivity contribution >= 4 is 27.3 Å². The zero-order chi connectivity index (χ0) is 13.3. The molecule has 19 heavy (non-hydrogen) atoms. The van der Waals surface area contributed by atoms with Gasteiger partial charge in [-0.3, -0.25) is 4.79 Å². The van der Waals surface area contributed by atoms with E-state index in [4.69, 9.17) is 5.73 Å². The van der Waals surface area contributed by atoms with E-state index in [1.54, 1.807) is 11.3 Å². The zero-order valence-electron chi connectivity index (χ0n) is 10.9. The van der Waals surface area contributed by atoms with Crippen LogP contribution in [0.2, 0.25) is 0 Å². The van der Waals surface area contributed by atoms with Crippen molar-refractivity contribution in [3.63, 3.8) is 0 Å². The van der Waals surface area contributed by atoms with Crippen molar-refractivity contribution in [1.29, 1.82) is 0 Å². The van der Waals surface area contributed by atoms with Crippen LogP contribution in [0.25, 0.3) is 10.2 Å². The van der Waals surface area contributed by atoms with E-state index in [9.17, 15) is 4.79 Å². The lowest BCUT2D eigenvalue weighted by molar-refractivity contribution is -0.127. The fourth-order valence-electron chi connectivity index (χ4n) is 2.97. The van der Waals surface area contributed by atoms with Crippen molar-refractivity contribution in [3.8, 4) is 0 Å². The molecule has 3 nitrogen and oxygen atoms in total. The van der Waals surface area contributed by atoms with Gasteiger partial charge in [0.05, 0.1) is 16.6 Å². The molecule has 2 aromatic rings. The number of nitrogens with two attached hydrogens (primary N) is 1. The minimum absolute atomic E-state index is 0.266. The molecule has 1 fully saturated rings. The molecule has 1 aliphatic carbocycles. The molecule has 0 unspecified atom stereocenters. The van der Waals surface area contributed by atoms with Gasteiger partial charge in [-0.2, -0.15) is 0 Å². The van der Waals surface area contributed by atoms with Crippen molar-refractivity contribution in [2.45, 2.75) is 32.1 Å². The number of para-hydroxylation sites is 1. The quantitative estimate of drug-likeness (QED) is 0.932. The summed E-state index contributed by atoms with van der Waals surface area (Å²) in [7, 11) is 0. The van der Waals surface area contributed by atoms with Gasteiger partial charge in [-0.25, -0.2) is 4.98 Å². The number of carbonyl (C=O) groups excluding carboxylic acids is 1. The minimum Gasteiger partial charge on any atom is -0.329 e. The van der Waals surface area contributed by atoms with E-state index >= 15 is 0 Å². The molecule has 3 rings (SSSR count). The lowest BCUT2D eigenvalue weighted by Gasteiger charge is -2.24. The highest BCUT2D eigenvalue weighted by molar-refractivity contribution is 7.18. The fraction of sp³-hybridized carbons (Fsp3) is 0.467. The Labute approximate surface area is 116 Å². The molecule has 1 aromatic carbocycles. The maximum atomic E-state index is 12.5. The smallest absolute Gasteiger partial charge is 0.147 e. The molecule has 0 amide bonds. The summed E-state index contributed by atoms with van der Waals surface area (Å²) in [5.74, 6) is 0.284. The molecule has 4 heteroatoms. The van der Waals surface area contributed by atoms with Crippen molar-refractivity contribution in [2.24, 2.45) is 11.1 Å². The predicted octanol–water partition coefficient (Wildman–Crippen LogP) is 2.93. The first-order valence-corrected chi connectivity index (χ1v) is 7.63. The second kappa shape index (κ2) is 5.02. The normalized spacial score (nSPS) is 17.9. The number of thiazole rings is 1. The highest BCUT2D eigenvalue weighted by atomic mass is 32.1. The van der Waals surface area contributed by atoms with Gasteiger partial charge in [-0.15, -0.1) is 11.3 Å². The standard InChI is InChI=1S/C15H18N2OS/c16-10-15(7-3-4-8-15)13(18)9-14-17-11-5-1-2-6-12(11)19-14/h1-2,5-6H,3-4,7-10,16H2. The summed E-state index contributed by atoms with van der Waals surface area (Å²) < 4.78 is 1.15. The van der Waals surface area contributed by atoms with Crippen LogP contribution in [-0.4, -0.2) is 17.3 Å². The van der Waals surface area contributed by atoms with Crippen molar-refractivity contribution in [2.75, 3.05) is 6.54 Å². The van der Waals surface area contributed by atoms with Crippen LogP contribution >= 0.6 is 11.3 Å². The van der Waals surface area contributed by atoms with Crippen LogP contribution in [-0.2, 0) is 11.2 Å². The fourth-order valence-corrected chi connectivity index (χ4v) is 3.93. The number of nitrogens with zero attached hydrogens (tertiary/aromatic N) is 1. The molecule has 1 saturated carbocycles. The molecular formula is C15H18N2OS. The average molecular weight is 274 g/mol. The molecule has 0 bridgehead atoms. The SMILES string of the molecule is NCC1(C(=O)Cc2nc3ccccc3s2)CCCC1. The molecule has 1 aromatic heterocycles. The first kappa shape index (κ1) is 12.8. The number of hydrogen-bond donors (Lipinski definition) is 1. The largest absolute Gasteiger partial charge is 0.329 e. The van der Waals surface area contributed by atoms with E-state index in [0.717, 1.165) is 40.9 Å². The Morgan fingerprint density at radius 1 is 1.32 bits per heavy atom. The second-order valence-corrected chi connectivity index (χ2v) is 6.48. The Bertz CT molecular complexity index is 566. The third-order valence-electron chi connectivity index (χ3n) is 4.19. The van der Waals surface area contributed by atoms with Gasteiger partial charge in [0.15, 0.2) is 0 Å². The van der Waals surface area contributed by atoms with E-state index in [1.807, 2.05) is 18.2 Å². The number of fused-ring (bicyclic) bond motifs is 1. The van der Waals surface area contributed by atoms with Crippen molar-refractivity contribution in [3.05, 3.63) is 29.3 Å².